The molecule has 0 radical (unpaired) electrons. The van der Waals surface area contributed by atoms with Gasteiger partial charge in [0.25, 0.3) is 0 Å². The molecule has 2 rings (SSSR count). The number of nitrogens with one attached hydrogen (secondary N) is 1. The average Bonchev–Trinajstić information content (AvgIpc) is 2.52. The molecule has 2 aromatic rings. The Hall–Kier alpha value is -2.67. The highest BCUT2D eigenvalue weighted by Crippen LogP contribution is 2.25. The molecule has 0 atom stereocenters. The molecule has 0 amide bonds. The fraction of sp³-hybridized carbons (Fsp3) is 0.235. The molecule has 0 fully saturated rings. The summed E-state index contributed by atoms with van der Waals surface area (Å²) in [5, 5.41) is 11.8. The first-order valence-corrected chi connectivity index (χ1v) is 6.70. The lowest BCUT2D eigenvalue weighted by molar-refractivity contribution is 0.368. The molecular weight excluding hydrogens is 264 g/mol. The third-order valence-corrected chi connectivity index (χ3v) is 3.06. The molecule has 0 aliphatic carbocycles. The maximum Gasteiger partial charge on any atom is 0.174 e. The standard InChI is InChI=1S/C17H18N2O2/c1-13-3-8-17(20-2)16(11-13)19-12-14-4-6-15(7-5-14)21-10-9-18/h3-8,11,19H,10,12H2,1-2H3. The van der Waals surface area contributed by atoms with Crippen LogP contribution in [0.2, 0.25) is 0 Å². The Labute approximate surface area is 124 Å². The van der Waals surface area contributed by atoms with Crippen LogP contribution < -0.4 is 14.8 Å². The summed E-state index contributed by atoms with van der Waals surface area (Å²) in [6, 6.07) is 15.7. The molecule has 0 bridgehead atoms. The number of nitriles is 1. The van der Waals surface area contributed by atoms with Gasteiger partial charge in [-0.15, -0.1) is 0 Å². The number of nitrogens with zero attached hydrogens (tertiary/aromatic N) is 1. The average molecular weight is 282 g/mol. The van der Waals surface area contributed by atoms with Gasteiger partial charge < -0.3 is 14.8 Å². The maximum absolute atomic E-state index is 8.47. The van der Waals surface area contributed by atoms with Crippen molar-refractivity contribution in [2.45, 2.75) is 13.5 Å². The summed E-state index contributed by atoms with van der Waals surface area (Å²) >= 11 is 0. The molecule has 0 unspecified atom stereocenters. The van der Waals surface area contributed by atoms with Gasteiger partial charge in [-0.1, -0.05) is 18.2 Å². The lowest BCUT2D eigenvalue weighted by atomic mass is 10.2. The van der Waals surface area contributed by atoms with Crippen molar-refractivity contribution in [1.82, 2.24) is 0 Å². The maximum atomic E-state index is 8.47. The lowest BCUT2D eigenvalue weighted by Gasteiger charge is -2.12. The van der Waals surface area contributed by atoms with Crippen molar-refractivity contribution in [1.29, 1.82) is 5.26 Å². The van der Waals surface area contributed by atoms with E-state index in [0.717, 1.165) is 17.0 Å². The number of hydrogen-bond donors (Lipinski definition) is 1. The van der Waals surface area contributed by atoms with Crippen LogP contribution in [0.15, 0.2) is 42.5 Å². The van der Waals surface area contributed by atoms with Crippen molar-refractivity contribution in [3.63, 3.8) is 0 Å². The van der Waals surface area contributed by atoms with Gasteiger partial charge in [0.1, 0.15) is 17.6 Å². The molecule has 0 aromatic heterocycles. The van der Waals surface area contributed by atoms with Crippen LogP contribution >= 0.6 is 0 Å². The third-order valence-electron chi connectivity index (χ3n) is 3.06. The quantitative estimate of drug-likeness (QED) is 0.880. The number of rotatable bonds is 6. The molecule has 0 spiro atoms. The molecule has 21 heavy (non-hydrogen) atoms. The van der Waals surface area contributed by atoms with Gasteiger partial charge in [0, 0.05) is 6.54 Å². The molecule has 0 aliphatic rings. The van der Waals surface area contributed by atoms with Crippen molar-refractivity contribution < 1.29 is 9.47 Å². The summed E-state index contributed by atoms with van der Waals surface area (Å²) in [7, 11) is 1.66. The summed E-state index contributed by atoms with van der Waals surface area (Å²) in [4.78, 5) is 0. The Morgan fingerprint density at radius 1 is 1.14 bits per heavy atom. The van der Waals surface area contributed by atoms with Gasteiger partial charge in [0.15, 0.2) is 6.61 Å². The number of aryl methyl sites for hydroxylation is 1. The zero-order valence-corrected chi connectivity index (χ0v) is 12.2. The largest absolute Gasteiger partial charge is 0.495 e. The molecule has 0 heterocycles. The first-order chi connectivity index (χ1) is 10.2. The molecule has 1 N–H and O–H groups in total. The Bertz CT molecular complexity index is 630. The highest BCUT2D eigenvalue weighted by molar-refractivity contribution is 5.58. The van der Waals surface area contributed by atoms with Crippen molar-refractivity contribution >= 4 is 5.69 Å². The van der Waals surface area contributed by atoms with Gasteiger partial charge in [0.2, 0.25) is 0 Å². The monoisotopic (exact) mass is 282 g/mol. The van der Waals surface area contributed by atoms with E-state index >= 15 is 0 Å². The number of ether oxygens (including phenoxy) is 2. The zero-order chi connectivity index (χ0) is 15.1. The van der Waals surface area contributed by atoms with Crippen LogP contribution in [0, 0.1) is 18.3 Å². The minimum Gasteiger partial charge on any atom is -0.495 e. The second-order valence-electron chi connectivity index (χ2n) is 4.65. The molecule has 0 aliphatic heterocycles. The Morgan fingerprint density at radius 2 is 1.90 bits per heavy atom. The van der Waals surface area contributed by atoms with E-state index in [0.29, 0.717) is 12.3 Å². The normalized spacial score (nSPS) is 9.76. The van der Waals surface area contributed by atoms with Crippen LogP contribution in [0.25, 0.3) is 0 Å². The highest BCUT2D eigenvalue weighted by Gasteiger charge is 2.03. The van der Waals surface area contributed by atoms with Gasteiger partial charge in [-0.05, 0) is 42.3 Å². The number of benzene rings is 2. The molecule has 0 saturated carbocycles. The van der Waals surface area contributed by atoms with Gasteiger partial charge in [-0.2, -0.15) is 5.26 Å². The first-order valence-electron chi connectivity index (χ1n) is 6.70. The van der Waals surface area contributed by atoms with E-state index in [1.165, 1.54) is 5.56 Å². The molecule has 108 valence electrons. The summed E-state index contributed by atoms with van der Waals surface area (Å²) in [6.45, 7) is 2.81. The molecule has 0 saturated heterocycles. The molecule has 4 nitrogen and oxygen atoms in total. The Balaban J connectivity index is 2.00. The fourth-order valence-corrected chi connectivity index (χ4v) is 1.98. The minimum absolute atomic E-state index is 0.0675. The van der Waals surface area contributed by atoms with E-state index in [-0.39, 0.29) is 6.61 Å². The van der Waals surface area contributed by atoms with Crippen molar-refractivity contribution in [2.75, 3.05) is 19.0 Å². The van der Waals surface area contributed by atoms with Crippen LogP contribution in [0.5, 0.6) is 11.5 Å². The number of methoxy groups -OCH3 is 1. The summed E-state index contributed by atoms with van der Waals surface area (Å²) < 4.78 is 10.6. The summed E-state index contributed by atoms with van der Waals surface area (Å²) in [5.41, 5.74) is 3.28. The summed E-state index contributed by atoms with van der Waals surface area (Å²) in [6.07, 6.45) is 0. The van der Waals surface area contributed by atoms with Gasteiger partial charge in [-0.3, -0.25) is 0 Å². The van der Waals surface area contributed by atoms with Gasteiger partial charge >= 0.3 is 0 Å². The predicted octanol–water partition coefficient (Wildman–Crippen LogP) is 3.52. The van der Waals surface area contributed by atoms with E-state index in [1.54, 1.807) is 7.11 Å². The Kier molecular flexibility index (Phi) is 5.05. The van der Waals surface area contributed by atoms with Crippen molar-refractivity contribution in [2.24, 2.45) is 0 Å². The first kappa shape index (κ1) is 14.7. The molecular formula is C17H18N2O2. The van der Waals surface area contributed by atoms with E-state index in [4.69, 9.17) is 14.7 Å². The Morgan fingerprint density at radius 3 is 2.57 bits per heavy atom. The van der Waals surface area contributed by atoms with Crippen molar-refractivity contribution in [3.05, 3.63) is 53.6 Å². The second-order valence-corrected chi connectivity index (χ2v) is 4.65. The van der Waals surface area contributed by atoms with E-state index < -0.39 is 0 Å². The lowest BCUT2D eigenvalue weighted by Crippen LogP contribution is -2.02. The van der Waals surface area contributed by atoms with E-state index in [2.05, 4.69) is 11.4 Å². The number of anilines is 1. The van der Waals surface area contributed by atoms with Gasteiger partial charge in [-0.25, -0.2) is 0 Å². The SMILES string of the molecule is COc1ccc(C)cc1NCc1ccc(OCC#N)cc1. The van der Waals surface area contributed by atoms with Crippen LogP contribution in [0.1, 0.15) is 11.1 Å². The van der Waals surface area contributed by atoms with Crippen LogP contribution in [-0.4, -0.2) is 13.7 Å². The predicted molar refractivity (Wildman–Crippen MR) is 82.6 cm³/mol. The summed E-state index contributed by atoms with van der Waals surface area (Å²) in [5.74, 6) is 1.53. The van der Waals surface area contributed by atoms with Crippen molar-refractivity contribution in [3.8, 4) is 17.6 Å². The molecule has 4 heteroatoms. The van der Waals surface area contributed by atoms with Gasteiger partial charge in [0.05, 0.1) is 12.8 Å². The van der Waals surface area contributed by atoms with Crippen LogP contribution in [-0.2, 0) is 6.54 Å². The smallest absolute Gasteiger partial charge is 0.174 e. The third kappa shape index (κ3) is 4.15. The second kappa shape index (κ2) is 7.20. The molecule has 2 aromatic carbocycles. The van der Waals surface area contributed by atoms with E-state index in [1.807, 2.05) is 49.4 Å². The van der Waals surface area contributed by atoms with E-state index in [9.17, 15) is 0 Å². The topological polar surface area (TPSA) is 54.3 Å². The van der Waals surface area contributed by atoms with Crippen LogP contribution in [0.4, 0.5) is 5.69 Å². The fourth-order valence-electron chi connectivity index (χ4n) is 1.98. The minimum atomic E-state index is 0.0675. The highest BCUT2D eigenvalue weighted by atomic mass is 16.5. The number of hydrogen-bond acceptors (Lipinski definition) is 4. The zero-order valence-electron chi connectivity index (χ0n) is 12.2. The van der Waals surface area contributed by atoms with Crippen LogP contribution in [0.3, 0.4) is 0 Å².